The largest absolute Gasteiger partial charge is 0.324 e. The number of carbonyl (C=O) groups excluding carboxylic acids is 1. The van der Waals surface area contributed by atoms with Gasteiger partial charge in [-0.25, -0.2) is 9.97 Å². The number of hydrogen-bond acceptors (Lipinski definition) is 4. The van der Waals surface area contributed by atoms with Gasteiger partial charge in [-0.2, -0.15) is 0 Å². The number of benzene rings is 2. The van der Waals surface area contributed by atoms with Crippen LogP contribution >= 0.6 is 11.6 Å². The number of anilines is 3. The van der Waals surface area contributed by atoms with Crippen LogP contribution in [0.15, 0.2) is 54.7 Å². The molecular weight excluding hydrogens is 348 g/mol. The van der Waals surface area contributed by atoms with Crippen LogP contribution in [-0.2, 0) is 6.42 Å². The molecule has 5 nitrogen and oxygen atoms in total. The standard InChI is InChI=1S/C20H19ClN4O/c1-3-14-4-7-16(8-5-14)23-19(26)18-10-11-22-20(25-18)24-17-9-6-15(21)12-13(17)2/h4-12H,3H2,1-2H3,(H,23,26)(H,22,24,25). The predicted molar refractivity (Wildman–Crippen MR) is 105 cm³/mol. The van der Waals surface area contributed by atoms with E-state index in [-0.39, 0.29) is 11.6 Å². The van der Waals surface area contributed by atoms with Crippen LogP contribution in [0.1, 0.15) is 28.5 Å². The smallest absolute Gasteiger partial charge is 0.274 e. The Bertz CT molecular complexity index is 925. The first kappa shape index (κ1) is 17.9. The molecule has 6 heteroatoms. The molecule has 1 aromatic heterocycles. The fraction of sp³-hybridized carbons (Fsp3) is 0.150. The maximum absolute atomic E-state index is 12.4. The minimum atomic E-state index is -0.285. The van der Waals surface area contributed by atoms with E-state index in [0.717, 1.165) is 23.4 Å². The van der Waals surface area contributed by atoms with Crippen molar-refractivity contribution in [3.63, 3.8) is 0 Å². The quantitative estimate of drug-likeness (QED) is 0.667. The van der Waals surface area contributed by atoms with E-state index in [1.54, 1.807) is 18.3 Å². The van der Waals surface area contributed by atoms with Crippen molar-refractivity contribution in [2.75, 3.05) is 10.6 Å². The molecule has 0 atom stereocenters. The van der Waals surface area contributed by atoms with Gasteiger partial charge in [-0.1, -0.05) is 30.7 Å². The second-order valence-electron chi connectivity index (χ2n) is 5.85. The van der Waals surface area contributed by atoms with Crippen LogP contribution in [-0.4, -0.2) is 15.9 Å². The third-order valence-electron chi connectivity index (χ3n) is 3.94. The van der Waals surface area contributed by atoms with Crippen molar-refractivity contribution < 1.29 is 4.79 Å². The zero-order valence-electron chi connectivity index (χ0n) is 14.6. The Hall–Kier alpha value is -2.92. The monoisotopic (exact) mass is 366 g/mol. The third kappa shape index (κ3) is 4.37. The van der Waals surface area contributed by atoms with Crippen LogP contribution in [0.3, 0.4) is 0 Å². The molecule has 2 aromatic carbocycles. The summed E-state index contributed by atoms with van der Waals surface area (Å²) >= 11 is 5.97. The highest BCUT2D eigenvalue weighted by molar-refractivity contribution is 6.30. The normalized spacial score (nSPS) is 10.4. The fourth-order valence-corrected chi connectivity index (χ4v) is 2.68. The van der Waals surface area contributed by atoms with Gasteiger partial charge < -0.3 is 10.6 Å². The van der Waals surface area contributed by atoms with Gasteiger partial charge in [0.1, 0.15) is 5.69 Å². The Morgan fingerprint density at radius 1 is 1.12 bits per heavy atom. The van der Waals surface area contributed by atoms with Crippen molar-refractivity contribution in [1.82, 2.24) is 9.97 Å². The number of hydrogen-bond donors (Lipinski definition) is 2. The lowest BCUT2D eigenvalue weighted by Crippen LogP contribution is -2.14. The Kier molecular flexibility index (Phi) is 5.49. The first-order valence-corrected chi connectivity index (χ1v) is 8.69. The lowest BCUT2D eigenvalue weighted by molar-refractivity contribution is 0.102. The van der Waals surface area contributed by atoms with E-state index >= 15 is 0 Å². The summed E-state index contributed by atoms with van der Waals surface area (Å²) < 4.78 is 0. The van der Waals surface area contributed by atoms with Crippen LogP contribution in [0.25, 0.3) is 0 Å². The molecule has 132 valence electrons. The SMILES string of the molecule is CCc1ccc(NC(=O)c2ccnc(Nc3ccc(Cl)cc3C)n2)cc1. The average molecular weight is 367 g/mol. The van der Waals surface area contributed by atoms with Gasteiger partial charge in [0.2, 0.25) is 5.95 Å². The highest BCUT2D eigenvalue weighted by Gasteiger charge is 2.10. The number of rotatable bonds is 5. The first-order valence-electron chi connectivity index (χ1n) is 8.31. The van der Waals surface area contributed by atoms with Crippen molar-refractivity contribution in [3.8, 4) is 0 Å². The van der Waals surface area contributed by atoms with E-state index in [1.807, 2.05) is 43.3 Å². The second-order valence-corrected chi connectivity index (χ2v) is 6.29. The number of aromatic nitrogens is 2. The van der Waals surface area contributed by atoms with E-state index < -0.39 is 0 Å². The molecule has 0 aliphatic rings. The molecule has 3 rings (SSSR count). The molecule has 0 radical (unpaired) electrons. The molecule has 1 amide bonds. The van der Waals surface area contributed by atoms with E-state index in [9.17, 15) is 4.79 Å². The zero-order valence-corrected chi connectivity index (χ0v) is 15.3. The lowest BCUT2D eigenvalue weighted by atomic mass is 10.1. The van der Waals surface area contributed by atoms with Crippen LogP contribution in [0.5, 0.6) is 0 Å². The number of halogens is 1. The molecule has 0 aliphatic heterocycles. The third-order valence-corrected chi connectivity index (χ3v) is 4.18. The van der Waals surface area contributed by atoms with Gasteiger partial charge in [-0.3, -0.25) is 4.79 Å². The maximum atomic E-state index is 12.4. The van der Waals surface area contributed by atoms with Crippen molar-refractivity contribution in [2.24, 2.45) is 0 Å². The molecular formula is C20H19ClN4O. The summed E-state index contributed by atoms with van der Waals surface area (Å²) in [5, 5.41) is 6.62. The molecule has 3 aromatic rings. The average Bonchev–Trinajstić information content (AvgIpc) is 2.65. The minimum absolute atomic E-state index is 0.285. The Labute approximate surface area is 157 Å². The molecule has 0 saturated carbocycles. The van der Waals surface area contributed by atoms with Gasteiger partial charge in [0.05, 0.1) is 0 Å². The Balaban J connectivity index is 1.74. The summed E-state index contributed by atoms with van der Waals surface area (Å²) in [7, 11) is 0. The van der Waals surface area contributed by atoms with Gasteiger partial charge in [0.25, 0.3) is 5.91 Å². The van der Waals surface area contributed by atoms with Crippen LogP contribution in [0.2, 0.25) is 5.02 Å². The summed E-state index contributed by atoms with van der Waals surface area (Å²) in [6, 6.07) is 14.8. The van der Waals surface area contributed by atoms with E-state index in [0.29, 0.717) is 11.0 Å². The van der Waals surface area contributed by atoms with Gasteiger partial charge in [-0.05, 0) is 60.9 Å². The summed E-state index contributed by atoms with van der Waals surface area (Å²) in [5.74, 6) is 0.0666. The Morgan fingerprint density at radius 2 is 1.88 bits per heavy atom. The molecule has 0 fully saturated rings. The maximum Gasteiger partial charge on any atom is 0.274 e. The van der Waals surface area contributed by atoms with E-state index in [4.69, 9.17) is 11.6 Å². The molecule has 0 spiro atoms. The highest BCUT2D eigenvalue weighted by atomic mass is 35.5. The highest BCUT2D eigenvalue weighted by Crippen LogP contribution is 2.22. The minimum Gasteiger partial charge on any atom is -0.324 e. The topological polar surface area (TPSA) is 66.9 Å². The number of aryl methyl sites for hydroxylation is 2. The van der Waals surface area contributed by atoms with Crippen LogP contribution in [0, 0.1) is 6.92 Å². The van der Waals surface area contributed by atoms with Crippen molar-refractivity contribution in [2.45, 2.75) is 20.3 Å². The summed E-state index contributed by atoms with van der Waals surface area (Å²) in [6.45, 7) is 4.02. The van der Waals surface area contributed by atoms with Gasteiger partial charge >= 0.3 is 0 Å². The van der Waals surface area contributed by atoms with E-state index in [1.165, 1.54) is 5.56 Å². The van der Waals surface area contributed by atoms with E-state index in [2.05, 4.69) is 27.5 Å². The van der Waals surface area contributed by atoms with Gasteiger partial charge in [-0.15, -0.1) is 0 Å². The number of carbonyl (C=O) groups is 1. The van der Waals surface area contributed by atoms with Crippen molar-refractivity contribution in [1.29, 1.82) is 0 Å². The summed E-state index contributed by atoms with van der Waals surface area (Å²) in [4.78, 5) is 20.9. The lowest BCUT2D eigenvalue weighted by Gasteiger charge is -2.10. The molecule has 26 heavy (non-hydrogen) atoms. The summed E-state index contributed by atoms with van der Waals surface area (Å²) in [5.41, 5.74) is 4.03. The molecule has 0 aliphatic carbocycles. The number of nitrogens with zero attached hydrogens (tertiary/aromatic N) is 2. The van der Waals surface area contributed by atoms with Crippen LogP contribution < -0.4 is 10.6 Å². The molecule has 2 N–H and O–H groups in total. The first-order chi connectivity index (χ1) is 12.5. The van der Waals surface area contributed by atoms with Crippen molar-refractivity contribution in [3.05, 3.63) is 76.6 Å². The number of amides is 1. The summed E-state index contributed by atoms with van der Waals surface area (Å²) in [6.07, 6.45) is 2.51. The van der Waals surface area contributed by atoms with Crippen molar-refractivity contribution >= 4 is 34.8 Å². The molecule has 1 heterocycles. The van der Waals surface area contributed by atoms with Gasteiger partial charge in [0.15, 0.2) is 0 Å². The van der Waals surface area contributed by atoms with Crippen LogP contribution in [0.4, 0.5) is 17.3 Å². The molecule has 0 bridgehead atoms. The molecule has 0 saturated heterocycles. The second kappa shape index (κ2) is 7.97. The zero-order chi connectivity index (χ0) is 18.5. The predicted octanol–water partition coefficient (Wildman–Crippen LogP) is 5.00. The van der Waals surface area contributed by atoms with Gasteiger partial charge in [0, 0.05) is 22.6 Å². The number of nitrogens with one attached hydrogen (secondary N) is 2. The Morgan fingerprint density at radius 3 is 2.58 bits per heavy atom. The molecule has 0 unspecified atom stereocenters. The fourth-order valence-electron chi connectivity index (χ4n) is 2.45.